The third kappa shape index (κ3) is 1.25. The maximum Gasteiger partial charge on any atom is 0.227 e. The van der Waals surface area contributed by atoms with Crippen LogP contribution < -0.4 is 0 Å². The molecule has 64 valence electrons. The molecule has 1 heterocycles. The molecular weight excluding hydrogens is 142 g/mol. The second-order valence-corrected chi connectivity index (χ2v) is 3.83. The molecule has 1 rings (SSSR count). The monoisotopic (exact) mass is 157 g/mol. The molecule has 0 radical (unpaired) electrons. The molecule has 0 aromatic rings. The van der Waals surface area contributed by atoms with Crippen molar-refractivity contribution in [1.29, 1.82) is 0 Å². The van der Waals surface area contributed by atoms with Crippen LogP contribution in [0, 0.1) is 5.92 Å². The maximum absolute atomic E-state index is 11.3. The van der Waals surface area contributed by atoms with Gasteiger partial charge in [0.05, 0.1) is 0 Å². The van der Waals surface area contributed by atoms with Gasteiger partial charge in [-0.1, -0.05) is 6.92 Å². The summed E-state index contributed by atoms with van der Waals surface area (Å²) in [4.78, 5) is 12.8. The van der Waals surface area contributed by atoms with Gasteiger partial charge in [-0.3, -0.25) is 4.79 Å². The standard InChI is InChI=1S/C8H15NO2/c1-6-4-8(2,3)9(5-10)7(6)11/h6,10H,4-5H2,1-3H3. The molecule has 0 aromatic heterocycles. The Balaban J connectivity index is 2.82. The van der Waals surface area contributed by atoms with E-state index in [-0.39, 0.29) is 24.1 Å². The number of rotatable bonds is 1. The first-order valence-electron chi connectivity index (χ1n) is 3.91. The average molecular weight is 157 g/mol. The van der Waals surface area contributed by atoms with Gasteiger partial charge in [-0.05, 0) is 20.3 Å². The van der Waals surface area contributed by atoms with Crippen LogP contribution in [0.25, 0.3) is 0 Å². The molecule has 3 nitrogen and oxygen atoms in total. The SMILES string of the molecule is CC1CC(C)(C)N(CO)C1=O. The Labute approximate surface area is 67.0 Å². The number of carbonyl (C=O) groups is 1. The van der Waals surface area contributed by atoms with Gasteiger partial charge in [-0.2, -0.15) is 0 Å². The molecule has 1 amide bonds. The Hall–Kier alpha value is -0.570. The lowest BCUT2D eigenvalue weighted by molar-refractivity contribution is -0.137. The van der Waals surface area contributed by atoms with Gasteiger partial charge in [0, 0.05) is 11.5 Å². The first-order valence-corrected chi connectivity index (χ1v) is 3.91. The van der Waals surface area contributed by atoms with Crippen LogP contribution in [0.4, 0.5) is 0 Å². The number of aliphatic hydroxyl groups excluding tert-OH is 1. The van der Waals surface area contributed by atoms with E-state index in [4.69, 9.17) is 5.11 Å². The van der Waals surface area contributed by atoms with Crippen molar-refractivity contribution in [2.75, 3.05) is 6.73 Å². The third-order valence-electron chi connectivity index (χ3n) is 2.37. The van der Waals surface area contributed by atoms with Gasteiger partial charge in [-0.25, -0.2) is 0 Å². The third-order valence-corrected chi connectivity index (χ3v) is 2.37. The predicted octanol–water partition coefficient (Wildman–Crippen LogP) is 0.583. The highest BCUT2D eigenvalue weighted by Gasteiger charge is 2.41. The molecule has 1 fully saturated rings. The molecule has 11 heavy (non-hydrogen) atoms. The van der Waals surface area contributed by atoms with Crippen LogP contribution in [0.3, 0.4) is 0 Å². The Morgan fingerprint density at radius 1 is 1.73 bits per heavy atom. The van der Waals surface area contributed by atoms with Crippen LogP contribution in [-0.4, -0.2) is 28.2 Å². The molecule has 3 heteroatoms. The minimum atomic E-state index is -0.161. The van der Waals surface area contributed by atoms with Gasteiger partial charge in [0.1, 0.15) is 6.73 Å². The largest absolute Gasteiger partial charge is 0.376 e. The lowest BCUT2D eigenvalue weighted by atomic mass is 9.98. The Bertz CT molecular complexity index is 177. The summed E-state index contributed by atoms with van der Waals surface area (Å²) in [5.74, 6) is 0.134. The van der Waals surface area contributed by atoms with Gasteiger partial charge in [0.2, 0.25) is 5.91 Å². The van der Waals surface area contributed by atoms with Gasteiger partial charge in [0.25, 0.3) is 0 Å². The van der Waals surface area contributed by atoms with Crippen molar-refractivity contribution in [3.8, 4) is 0 Å². The average Bonchev–Trinajstić information content (AvgIpc) is 2.03. The number of hydrogen-bond acceptors (Lipinski definition) is 2. The van der Waals surface area contributed by atoms with E-state index < -0.39 is 0 Å². The number of amides is 1. The number of aliphatic hydroxyl groups is 1. The minimum Gasteiger partial charge on any atom is -0.376 e. The van der Waals surface area contributed by atoms with Crippen LogP contribution >= 0.6 is 0 Å². The maximum atomic E-state index is 11.3. The van der Waals surface area contributed by atoms with Crippen molar-refractivity contribution in [2.24, 2.45) is 5.92 Å². The second kappa shape index (κ2) is 2.48. The minimum absolute atomic E-state index is 0.0668. The summed E-state index contributed by atoms with van der Waals surface area (Å²) in [6.45, 7) is 5.70. The van der Waals surface area contributed by atoms with Crippen LogP contribution in [0.1, 0.15) is 27.2 Å². The molecule has 0 spiro atoms. The van der Waals surface area contributed by atoms with Crippen molar-refractivity contribution < 1.29 is 9.90 Å². The molecule has 1 aliphatic heterocycles. The van der Waals surface area contributed by atoms with Crippen molar-refractivity contribution in [1.82, 2.24) is 4.90 Å². The zero-order chi connectivity index (χ0) is 8.65. The zero-order valence-corrected chi connectivity index (χ0v) is 7.29. The molecule has 1 aliphatic rings. The fourth-order valence-corrected chi connectivity index (χ4v) is 1.77. The summed E-state index contributed by atoms with van der Waals surface area (Å²) >= 11 is 0. The summed E-state index contributed by atoms with van der Waals surface area (Å²) in [5, 5.41) is 8.89. The van der Waals surface area contributed by atoms with Crippen LogP contribution in [0.2, 0.25) is 0 Å². The highest BCUT2D eigenvalue weighted by atomic mass is 16.3. The summed E-state index contributed by atoms with van der Waals surface area (Å²) < 4.78 is 0. The molecular formula is C8H15NO2. The number of carbonyl (C=O) groups excluding carboxylic acids is 1. The van der Waals surface area contributed by atoms with E-state index in [1.165, 1.54) is 4.90 Å². The highest BCUT2D eigenvalue weighted by Crippen LogP contribution is 2.32. The molecule has 1 unspecified atom stereocenters. The second-order valence-electron chi connectivity index (χ2n) is 3.83. The van der Waals surface area contributed by atoms with E-state index >= 15 is 0 Å². The molecule has 0 aliphatic carbocycles. The quantitative estimate of drug-likeness (QED) is 0.605. The lowest BCUT2D eigenvalue weighted by Crippen LogP contribution is -2.41. The van der Waals surface area contributed by atoms with Crippen molar-refractivity contribution in [3.63, 3.8) is 0 Å². The number of likely N-dealkylation sites (tertiary alicyclic amines) is 1. The molecule has 1 N–H and O–H groups in total. The van der Waals surface area contributed by atoms with E-state index in [9.17, 15) is 4.79 Å². The normalized spacial score (nSPS) is 29.6. The highest BCUT2D eigenvalue weighted by molar-refractivity contribution is 5.81. The van der Waals surface area contributed by atoms with Crippen LogP contribution in [0.15, 0.2) is 0 Å². The fourth-order valence-electron chi connectivity index (χ4n) is 1.77. The van der Waals surface area contributed by atoms with Crippen LogP contribution in [0.5, 0.6) is 0 Å². The van der Waals surface area contributed by atoms with Crippen molar-refractivity contribution in [2.45, 2.75) is 32.7 Å². The zero-order valence-electron chi connectivity index (χ0n) is 7.29. The van der Waals surface area contributed by atoms with Gasteiger partial charge < -0.3 is 10.0 Å². The molecule has 1 atom stereocenters. The summed E-state index contributed by atoms with van der Waals surface area (Å²) in [6, 6.07) is 0. The number of hydrogen-bond donors (Lipinski definition) is 1. The molecule has 1 saturated heterocycles. The van der Waals surface area contributed by atoms with E-state index in [1.54, 1.807) is 0 Å². The van der Waals surface area contributed by atoms with Gasteiger partial charge in [0.15, 0.2) is 0 Å². The van der Waals surface area contributed by atoms with E-state index in [0.717, 1.165) is 6.42 Å². The van der Waals surface area contributed by atoms with Gasteiger partial charge >= 0.3 is 0 Å². The van der Waals surface area contributed by atoms with E-state index in [0.29, 0.717) is 0 Å². The fraction of sp³-hybridized carbons (Fsp3) is 0.875. The van der Waals surface area contributed by atoms with Crippen molar-refractivity contribution >= 4 is 5.91 Å². The first kappa shape index (κ1) is 8.53. The molecule has 0 saturated carbocycles. The summed E-state index contributed by atoms with van der Waals surface area (Å²) in [6.07, 6.45) is 0.840. The Morgan fingerprint density at radius 2 is 2.27 bits per heavy atom. The smallest absolute Gasteiger partial charge is 0.227 e. The van der Waals surface area contributed by atoms with Crippen LogP contribution in [-0.2, 0) is 4.79 Å². The van der Waals surface area contributed by atoms with E-state index in [1.807, 2.05) is 20.8 Å². The summed E-state index contributed by atoms with van der Waals surface area (Å²) in [5.41, 5.74) is -0.161. The lowest BCUT2D eigenvalue weighted by Gasteiger charge is -2.29. The number of nitrogens with zero attached hydrogens (tertiary/aromatic N) is 1. The predicted molar refractivity (Wildman–Crippen MR) is 41.8 cm³/mol. The topological polar surface area (TPSA) is 40.5 Å². The van der Waals surface area contributed by atoms with Gasteiger partial charge in [-0.15, -0.1) is 0 Å². The summed E-state index contributed by atoms with van der Waals surface area (Å²) in [7, 11) is 0. The first-order chi connectivity index (χ1) is 4.99. The molecule has 0 bridgehead atoms. The molecule has 0 aromatic carbocycles. The Kier molecular flexibility index (Phi) is 1.92. The Morgan fingerprint density at radius 3 is 2.45 bits per heavy atom. The van der Waals surface area contributed by atoms with Crippen molar-refractivity contribution in [3.05, 3.63) is 0 Å². The van der Waals surface area contributed by atoms with E-state index in [2.05, 4.69) is 0 Å².